The van der Waals surface area contributed by atoms with Crippen LogP contribution in [0.1, 0.15) is 33.6 Å². The predicted octanol–water partition coefficient (Wildman–Crippen LogP) is 1.43. The first-order valence-electron chi connectivity index (χ1n) is 7.94. The standard InChI is InChI=1S/C17H24N4O4/c1-5-11(2)18-15(22)10-12(3)20-21-17(24)16(23)19-13-8-6-7-9-14(13)25-4/h6-9,11H,5,10H2,1-4H3,(H,18,22)(H,19,23)(H,21,24)/b20-12-/t11-/m1/s1. The second kappa shape index (κ2) is 10.1. The van der Waals surface area contributed by atoms with E-state index >= 15 is 0 Å². The van der Waals surface area contributed by atoms with Crippen molar-refractivity contribution >= 4 is 29.1 Å². The fourth-order valence-electron chi connectivity index (χ4n) is 1.82. The summed E-state index contributed by atoms with van der Waals surface area (Å²) in [5.41, 5.74) is 2.89. The highest BCUT2D eigenvalue weighted by molar-refractivity contribution is 6.39. The van der Waals surface area contributed by atoms with Gasteiger partial charge in [0.1, 0.15) is 5.75 Å². The molecular weight excluding hydrogens is 324 g/mol. The SMILES string of the molecule is CC[C@@H](C)NC(=O)C/C(C)=N\NC(=O)C(=O)Nc1ccccc1OC. The highest BCUT2D eigenvalue weighted by Gasteiger charge is 2.15. The Balaban J connectivity index is 2.54. The Morgan fingerprint density at radius 2 is 1.88 bits per heavy atom. The van der Waals surface area contributed by atoms with Gasteiger partial charge in [0.05, 0.1) is 19.2 Å². The van der Waals surface area contributed by atoms with E-state index in [0.717, 1.165) is 6.42 Å². The molecule has 0 saturated heterocycles. The molecule has 3 N–H and O–H groups in total. The zero-order chi connectivity index (χ0) is 18.8. The molecule has 0 fully saturated rings. The molecule has 0 aliphatic rings. The number of rotatable bonds is 7. The van der Waals surface area contributed by atoms with Crippen LogP contribution in [0, 0.1) is 0 Å². The molecule has 136 valence electrons. The van der Waals surface area contributed by atoms with Gasteiger partial charge in [0, 0.05) is 11.8 Å². The summed E-state index contributed by atoms with van der Waals surface area (Å²) in [6, 6.07) is 6.78. The number of anilines is 1. The minimum absolute atomic E-state index is 0.0404. The number of ether oxygens (including phenoxy) is 1. The zero-order valence-corrected chi connectivity index (χ0v) is 14.9. The van der Waals surface area contributed by atoms with Crippen molar-refractivity contribution in [1.29, 1.82) is 0 Å². The molecule has 0 aliphatic carbocycles. The maximum Gasteiger partial charge on any atom is 0.329 e. The Morgan fingerprint density at radius 3 is 2.52 bits per heavy atom. The van der Waals surface area contributed by atoms with E-state index in [4.69, 9.17) is 4.74 Å². The summed E-state index contributed by atoms with van der Waals surface area (Å²) >= 11 is 0. The first-order valence-corrected chi connectivity index (χ1v) is 7.94. The number of hydrazone groups is 1. The van der Waals surface area contributed by atoms with Crippen molar-refractivity contribution in [3.05, 3.63) is 24.3 Å². The van der Waals surface area contributed by atoms with Gasteiger partial charge < -0.3 is 15.4 Å². The van der Waals surface area contributed by atoms with E-state index in [0.29, 0.717) is 17.1 Å². The lowest BCUT2D eigenvalue weighted by Crippen LogP contribution is -2.35. The van der Waals surface area contributed by atoms with Gasteiger partial charge in [0.25, 0.3) is 0 Å². The second-order valence-corrected chi connectivity index (χ2v) is 5.50. The maximum atomic E-state index is 11.9. The molecule has 8 nitrogen and oxygen atoms in total. The fraction of sp³-hybridized carbons (Fsp3) is 0.412. The largest absolute Gasteiger partial charge is 0.495 e. The molecule has 0 spiro atoms. The van der Waals surface area contributed by atoms with Crippen LogP contribution in [0.4, 0.5) is 5.69 Å². The molecule has 1 rings (SSSR count). The van der Waals surface area contributed by atoms with Crippen LogP contribution in [-0.2, 0) is 14.4 Å². The summed E-state index contributed by atoms with van der Waals surface area (Å²) in [7, 11) is 1.46. The van der Waals surface area contributed by atoms with Gasteiger partial charge in [0.2, 0.25) is 5.91 Å². The van der Waals surface area contributed by atoms with Gasteiger partial charge in [-0.3, -0.25) is 14.4 Å². The number of benzene rings is 1. The monoisotopic (exact) mass is 348 g/mol. The van der Waals surface area contributed by atoms with Gasteiger partial charge in [-0.15, -0.1) is 0 Å². The van der Waals surface area contributed by atoms with Gasteiger partial charge in [-0.1, -0.05) is 19.1 Å². The lowest BCUT2D eigenvalue weighted by Gasteiger charge is -2.11. The van der Waals surface area contributed by atoms with E-state index in [2.05, 4.69) is 21.2 Å². The number of para-hydroxylation sites is 2. The molecule has 8 heteroatoms. The van der Waals surface area contributed by atoms with E-state index in [-0.39, 0.29) is 18.4 Å². The van der Waals surface area contributed by atoms with Gasteiger partial charge >= 0.3 is 11.8 Å². The molecule has 0 heterocycles. The van der Waals surface area contributed by atoms with Crippen molar-refractivity contribution in [2.45, 2.75) is 39.7 Å². The van der Waals surface area contributed by atoms with E-state index in [1.165, 1.54) is 7.11 Å². The van der Waals surface area contributed by atoms with Gasteiger partial charge in [0.15, 0.2) is 0 Å². The first-order chi connectivity index (χ1) is 11.9. The minimum atomic E-state index is -0.937. The number of carbonyl (C=O) groups is 3. The van der Waals surface area contributed by atoms with Crippen molar-refractivity contribution in [2.75, 3.05) is 12.4 Å². The summed E-state index contributed by atoms with van der Waals surface area (Å²) < 4.78 is 5.09. The van der Waals surface area contributed by atoms with Gasteiger partial charge in [-0.2, -0.15) is 5.10 Å². The number of carbonyl (C=O) groups excluding carboxylic acids is 3. The van der Waals surface area contributed by atoms with Crippen LogP contribution in [0.2, 0.25) is 0 Å². The van der Waals surface area contributed by atoms with E-state index in [1.54, 1.807) is 31.2 Å². The number of amides is 3. The number of methoxy groups -OCH3 is 1. The smallest absolute Gasteiger partial charge is 0.329 e. The van der Waals surface area contributed by atoms with Gasteiger partial charge in [-0.05, 0) is 32.4 Å². The minimum Gasteiger partial charge on any atom is -0.495 e. The molecule has 0 aliphatic heterocycles. The number of hydrogen-bond donors (Lipinski definition) is 3. The van der Waals surface area contributed by atoms with Crippen LogP contribution in [0.3, 0.4) is 0 Å². The van der Waals surface area contributed by atoms with Crippen LogP contribution < -0.4 is 20.8 Å². The summed E-state index contributed by atoms with van der Waals surface area (Å²) in [5, 5.41) is 8.99. The predicted molar refractivity (Wildman–Crippen MR) is 95.4 cm³/mol. The molecule has 0 radical (unpaired) electrons. The van der Waals surface area contributed by atoms with Crippen LogP contribution in [0.25, 0.3) is 0 Å². The van der Waals surface area contributed by atoms with Crippen molar-refractivity contribution < 1.29 is 19.1 Å². The quantitative estimate of drug-likeness (QED) is 0.393. The zero-order valence-electron chi connectivity index (χ0n) is 14.9. The number of nitrogens with zero attached hydrogens (tertiary/aromatic N) is 1. The molecule has 1 aromatic rings. The molecule has 0 bridgehead atoms. The number of nitrogens with one attached hydrogen (secondary N) is 3. The molecule has 0 aromatic heterocycles. The van der Waals surface area contributed by atoms with Crippen LogP contribution in [0.5, 0.6) is 5.75 Å². The van der Waals surface area contributed by atoms with Crippen molar-refractivity contribution in [2.24, 2.45) is 5.10 Å². The first kappa shape index (κ1) is 20.1. The normalized spacial score (nSPS) is 12.1. The average molecular weight is 348 g/mol. The lowest BCUT2D eigenvalue weighted by atomic mass is 10.2. The van der Waals surface area contributed by atoms with Crippen LogP contribution in [-0.4, -0.2) is 36.6 Å². The Labute approximate surface area is 147 Å². The summed E-state index contributed by atoms with van der Waals surface area (Å²) in [5.74, 6) is -1.58. The summed E-state index contributed by atoms with van der Waals surface area (Å²) in [6.45, 7) is 5.45. The average Bonchev–Trinajstić information content (AvgIpc) is 2.59. The lowest BCUT2D eigenvalue weighted by molar-refractivity contribution is -0.136. The van der Waals surface area contributed by atoms with Gasteiger partial charge in [-0.25, -0.2) is 5.43 Å². The van der Waals surface area contributed by atoms with E-state index in [9.17, 15) is 14.4 Å². The summed E-state index contributed by atoms with van der Waals surface area (Å²) in [6.07, 6.45) is 0.862. The molecule has 0 unspecified atom stereocenters. The fourth-order valence-corrected chi connectivity index (χ4v) is 1.82. The third-order valence-corrected chi connectivity index (χ3v) is 3.35. The number of hydrogen-bond acceptors (Lipinski definition) is 5. The molecule has 1 atom stereocenters. The van der Waals surface area contributed by atoms with Crippen molar-refractivity contribution in [3.63, 3.8) is 0 Å². The maximum absolute atomic E-state index is 11.9. The van der Waals surface area contributed by atoms with Crippen LogP contribution >= 0.6 is 0 Å². The molecule has 3 amide bonds. The Morgan fingerprint density at radius 1 is 1.20 bits per heavy atom. The Hall–Kier alpha value is -2.90. The summed E-state index contributed by atoms with van der Waals surface area (Å²) in [4.78, 5) is 35.4. The Bertz CT molecular complexity index is 658. The highest BCUT2D eigenvalue weighted by Crippen LogP contribution is 2.22. The van der Waals surface area contributed by atoms with E-state index in [1.807, 2.05) is 13.8 Å². The molecular formula is C17H24N4O4. The molecule has 0 saturated carbocycles. The molecule has 25 heavy (non-hydrogen) atoms. The van der Waals surface area contributed by atoms with Crippen LogP contribution in [0.15, 0.2) is 29.4 Å². The third kappa shape index (κ3) is 7.03. The topological polar surface area (TPSA) is 109 Å². The van der Waals surface area contributed by atoms with Crippen molar-refractivity contribution in [3.8, 4) is 5.75 Å². The molecule has 1 aromatic carbocycles. The highest BCUT2D eigenvalue weighted by atomic mass is 16.5. The second-order valence-electron chi connectivity index (χ2n) is 5.50. The third-order valence-electron chi connectivity index (χ3n) is 3.35. The Kier molecular flexibility index (Phi) is 8.11. The van der Waals surface area contributed by atoms with Crippen molar-refractivity contribution in [1.82, 2.24) is 10.7 Å². The van der Waals surface area contributed by atoms with E-state index < -0.39 is 11.8 Å².